The molecule has 0 aliphatic carbocycles. The number of carbonyl (C=O) groups is 3. The molecular formula is C40H59N3O6. The first kappa shape index (κ1) is 38.2. The predicted molar refractivity (Wildman–Crippen MR) is 192 cm³/mol. The molecule has 2 aliphatic rings. The normalized spacial score (nSPS) is 23.3. The lowest BCUT2D eigenvalue weighted by Gasteiger charge is -2.38. The van der Waals surface area contributed by atoms with Crippen LogP contribution >= 0.6 is 0 Å². The predicted octanol–water partition coefficient (Wildman–Crippen LogP) is 7.28. The highest BCUT2D eigenvalue weighted by molar-refractivity contribution is 5.88. The Bertz CT molecular complexity index is 1460. The van der Waals surface area contributed by atoms with Gasteiger partial charge < -0.3 is 29.3 Å². The van der Waals surface area contributed by atoms with Crippen LogP contribution in [0.25, 0.3) is 0 Å². The molecule has 4 rings (SSSR count). The van der Waals surface area contributed by atoms with Crippen LogP contribution in [0, 0.1) is 17.3 Å². The summed E-state index contributed by atoms with van der Waals surface area (Å²) in [6.45, 7) is 21.7. The average molecular weight is 678 g/mol. The number of hydrogen-bond acceptors (Lipinski definition) is 7. The lowest BCUT2D eigenvalue weighted by Crippen LogP contribution is -2.52. The summed E-state index contributed by atoms with van der Waals surface area (Å²) in [6.07, 6.45) is 0.852. The maximum Gasteiger partial charge on any atom is 0.410 e. The monoisotopic (exact) mass is 677 g/mol. The van der Waals surface area contributed by atoms with E-state index in [9.17, 15) is 14.4 Å². The van der Waals surface area contributed by atoms with Gasteiger partial charge in [-0.05, 0) is 68.6 Å². The Morgan fingerprint density at radius 3 is 2.18 bits per heavy atom. The van der Waals surface area contributed by atoms with E-state index in [1.54, 1.807) is 23.8 Å². The third-order valence-corrected chi connectivity index (χ3v) is 9.69. The fourth-order valence-electron chi connectivity index (χ4n) is 7.44. The van der Waals surface area contributed by atoms with Crippen molar-refractivity contribution in [3.05, 3.63) is 65.2 Å². The smallest absolute Gasteiger partial charge is 0.410 e. The minimum Gasteiger partial charge on any atom is -0.496 e. The molecule has 0 unspecified atom stereocenters. The van der Waals surface area contributed by atoms with Gasteiger partial charge in [0.05, 0.1) is 25.7 Å². The summed E-state index contributed by atoms with van der Waals surface area (Å²) in [4.78, 5) is 45.7. The third-order valence-electron chi connectivity index (χ3n) is 9.69. The van der Waals surface area contributed by atoms with Crippen molar-refractivity contribution in [2.24, 2.45) is 17.3 Å². The summed E-state index contributed by atoms with van der Waals surface area (Å²) in [5, 5.41) is 3.86. The van der Waals surface area contributed by atoms with Crippen LogP contribution in [0.2, 0.25) is 0 Å². The summed E-state index contributed by atoms with van der Waals surface area (Å²) in [5.74, 6) is -0.573. The number of ether oxygens (including phenoxy) is 3. The van der Waals surface area contributed by atoms with Crippen LogP contribution in [-0.2, 0) is 31.0 Å². The standard InChI is InChI=1S/C40H59N3O6/c1-12-48-36(45)34-31(39(5,6)7)32(41-24-28-23-29(38(2,3)4)20-21-30(28)47-11)33(26-17-14-13-15-18-26)43(34)35(44)27-19-16-22-42(25-27)37(46)49-40(8,9)10/h13-15,17-18,20-21,23,27,31-34,41H,12,16,19,22,24-25H2,1-11H3/t27-,31+,32+,33+,34+/m1/s1. The van der Waals surface area contributed by atoms with Crippen molar-refractivity contribution in [3.8, 4) is 5.75 Å². The minimum atomic E-state index is -0.838. The number of esters is 1. The van der Waals surface area contributed by atoms with Crippen LogP contribution in [0.5, 0.6) is 5.75 Å². The van der Waals surface area contributed by atoms with E-state index in [1.807, 2.05) is 57.2 Å². The Kier molecular flexibility index (Phi) is 11.8. The van der Waals surface area contributed by atoms with Gasteiger partial charge in [0, 0.05) is 37.2 Å². The fourth-order valence-corrected chi connectivity index (χ4v) is 7.44. The van der Waals surface area contributed by atoms with Crippen molar-refractivity contribution in [2.75, 3.05) is 26.8 Å². The van der Waals surface area contributed by atoms with Crippen molar-refractivity contribution in [3.63, 3.8) is 0 Å². The number of rotatable bonds is 8. The molecule has 0 bridgehead atoms. The zero-order valence-corrected chi connectivity index (χ0v) is 31.6. The van der Waals surface area contributed by atoms with Crippen molar-refractivity contribution in [1.29, 1.82) is 0 Å². The van der Waals surface area contributed by atoms with E-state index in [0.717, 1.165) is 16.9 Å². The molecule has 2 aromatic rings. The van der Waals surface area contributed by atoms with Crippen LogP contribution in [0.4, 0.5) is 4.79 Å². The van der Waals surface area contributed by atoms with E-state index in [2.05, 4.69) is 59.0 Å². The van der Waals surface area contributed by atoms with Gasteiger partial charge in [-0.2, -0.15) is 0 Å². The number of carbonyl (C=O) groups excluding carboxylic acids is 3. The van der Waals surface area contributed by atoms with Crippen LogP contribution in [0.1, 0.15) is 105 Å². The van der Waals surface area contributed by atoms with Gasteiger partial charge >= 0.3 is 12.1 Å². The molecule has 2 saturated heterocycles. The molecule has 2 fully saturated rings. The van der Waals surface area contributed by atoms with E-state index in [4.69, 9.17) is 14.2 Å². The molecule has 0 spiro atoms. The zero-order valence-electron chi connectivity index (χ0n) is 31.6. The van der Waals surface area contributed by atoms with Gasteiger partial charge in [0.15, 0.2) is 0 Å². The van der Waals surface area contributed by atoms with Gasteiger partial charge in [-0.15, -0.1) is 0 Å². The summed E-state index contributed by atoms with van der Waals surface area (Å²) >= 11 is 0. The Hall–Kier alpha value is -3.59. The van der Waals surface area contributed by atoms with E-state index in [1.165, 1.54) is 5.56 Å². The second-order valence-electron chi connectivity index (χ2n) is 16.6. The highest BCUT2D eigenvalue weighted by atomic mass is 16.6. The molecule has 2 amide bonds. The summed E-state index contributed by atoms with van der Waals surface area (Å²) in [6, 6.07) is 14.6. The molecule has 9 nitrogen and oxygen atoms in total. The Balaban J connectivity index is 1.81. The molecule has 0 aromatic heterocycles. The zero-order chi connectivity index (χ0) is 36.3. The SMILES string of the molecule is CCOC(=O)[C@@H]1[C@@H](C(C)(C)C)[C@H](NCc2cc(C(C)(C)C)ccc2OC)[C@H](c2ccccc2)N1C(=O)[C@@H]1CCCN(C(=O)OC(C)(C)C)C1. The van der Waals surface area contributed by atoms with Gasteiger partial charge in [0.2, 0.25) is 5.91 Å². The largest absolute Gasteiger partial charge is 0.496 e. The van der Waals surface area contributed by atoms with E-state index >= 15 is 0 Å². The first-order chi connectivity index (χ1) is 22.9. The maximum atomic E-state index is 15.0. The van der Waals surface area contributed by atoms with Crippen LogP contribution < -0.4 is 10.1 Å². The van der Waals surface area contributed by atoms with Gasteiger partial charge in [0.1, 0.15) is 17.4 Å². The molecule has 2 heterocycles. The van der Waals surface area contributed by atoms with Crippen molar-refractivity contribution in [2.45, 2.75) is 118 Å². The number of piperidine rings is 1. The second kappa shape index (κ2) is 15.1. The first-order valence-electron chi connectivity index (χ1n) is 17.8. The first-order valence-corrected chi connectivity index (χ1v) is 17.8. The lowest BCUT2D eigenvalue weighted by molar-refractivity contribution is -0.159. The summed E-state index contributed by atoms with van der Waals surface area (Å²) in [5.41, 5.74) is 2.03. The van der Waals surface area contributed by atoms with E-state index in [0.29, 0.717) is 25.9 Å². The quantitative estimate of drug-likeness (QED) is 0.294. The third kappa shape index (κ3) is 8.96. The molecule has 2 aliphatic heterocycles. The van der Waals surface area contributed by atoms with Crippen LogP contribution in [-0.4, -0.2) is 72.3 Å². The Morgan fingerprint density at radius 2 is 1.61 bits per heavy atom. The van der Waals surface area contributed by atoms with Crippen molar-refractivity contribution < 1.29 is 28.6 Å². The highest BCUT2D eigenvalue weighted by Crippen LogP contribution is 2.49. The number of nitrogens with zero attached hydrogens (tertiary/aromatic N) is 2. The Morgan fingerprint density at radius 1 is 0.939 bits per heavy atom. The maximum absolute atomic E-state index is 15.0. The topological polar surface area (TPSA) is 97.4 Å². The fraction of sp³-hybridized carbons (Fsp3) is 0.625. The number of methoxy groups -OCH3 is 1. The van der Waals surface area contributed by atoms with Gasteiger partial charge in [0.25, 0.3) is 0 Å². The molecular weight excluding hydrogens is 618 g/mol. The minimum absolute atomic E-state index is 0.0553. The number of hydrogen-bond donors (Lipinski definition) is 1. The summed E-state index contributed by atoms with van der Waals surface area (Å²) in [7, 11) is 1.68. The van der Waals surface area contributed by atoms with Gasteiger partial charge in [-0.25, -0.2) is 9.59 Å². The molecule has 0 radical (unpaired) electrons. The molecule has 5 atom stereocenters. The number of likely N-dealkylation sites (tertiary alicyclic amines) is 2. The number of nitrogens with one attached hydrogen (secondary N) is 1. The molecule has 270 valence electrons. The van der Waals surface area contributed by atoms with Gasteiger partial charge in [-0.1, -0.05) is 84.0 Å². The number of benzene rings is 2. The molecule has 49 heavy (non-hydrogen) atoms. The molecule has 9 heteroatoms. The molecule has 2 aromatic carbocycles. The number of amides is 2. The second-order valence-corrected chi connectivity index (χ2v) is 16.6. The summed E-state index contributed by atoms with van der Waals surface area (Å²) < 4.78 is 17.2. The van der Waals surface area contributed by atoms with Crippen LogP contribution in [0.15, 0.2) is 48.5 Å². The molecule has 1 N–H and O–H groups in total. The molecule has 0 saturated carbocycles. The van der Waals surface area contributed by atoms with E-state index in [-0.39, 0.29) is 36.4 Å². The Labute approximate surface area is 294 Å². The van der Waals surface area contributed by atoms with E-state index < -0.39 is 41.1 Å². The van der Waals surface area contributed by atoms with Crippen molar-refractivity contribution >= 4 is 18.0 Å². The lowest BCUT2D eigenvalue weighted by atomic mass is 9.72. The average Bonchev–Trinajstić information content (AvgIpc) is 3.38. The highest BCUT2D eigenvalue weighted by Gasteiger charge is 2.59. The van der Waals surface area contributed by atoms with Gasteiger partial charge in [-0.3, -0.25) is 4.79 Å². The van der Waals surface area contributed by atoms with Crippen molar-refractivity contribution in [1.82, 2.24) is 15.1 Å². The van der Waals surface area contributed by atoms with Crippen LogP contribution in [0.3, 0.4) is 0 Å².